The highest BCUT2D eigenvalue weighted by atomic mass is 16.5. The SMILES string of the molecule is CC(C)(C)c1cc2c(O)c(c1)Cc1cc(C(C)(C)C)cc3c1OCCOc1ccccc1CNCCNCCNCc1ccccc1OCCOc1c(cc(C(C)(C)C)cc1Cc1cc(C(C)(C)C)cc(c1O)C3)C2. The van der Waals surface area contributed by atoms with Crippen LogP contribution in [0.4, 0.5) is 0 Å². The molecule has 0 unspecified atom stereocenters. The average molecular weight is 1020 g/mol. The molecule has 0 saturated carbocycles. The molecule has 75 heavy (non-hydrogen) atoms. The standard InChI is InChI=1S/C66H85N3O6/c1-63(2,3)53-33-45-29-49-37-55(65(7,8)9)39-51-31-47-35-54(64(4,5)6)36-48(60(47)71)32-52-40-56(66(10,11)12)38-50(30-46(34-53)59(45)70)62(52)75-28-26-73-58-20-16-14-18-44(58)42-69-24-22-67-21-23-68-41-43-17-13-15-19-57(43)72-25-27-74-61(49)51/h13-20,33-40,67-71H,21-32,41-42H2,1-12H3. The van der Waals surface area contributed by atoms with E-state index in [4.69, 9.17) is 18.9 Å². The van der Waals surface area contributed by atoms with E-state index in [1.54, 1.807) is 0 Å². The topological polar surface area (TPSA) is 113 Å². The van der Waals surface area contributed by atoms with E-state index in [1.807, 2.05) is 24.3 Å². The molecule has 9 rings (SSSR count). The van der Waals surface area contributed by atoms with Crippen LogP contribution in [-0.4, -0.2) is 62.8 Å². The molecule has 6 aromatic rings. The molecule has 9 nitrogen and oxygen atoms in total. The van der Waals surface area contributed by atoms with Gasteiger partial charge in [0, 0.05) is 76.1 Å². The smallest absolute Gasteiger partial charge is 0.126 e. The van der Waals surface area contributed by atoms with Crippen LogP contribution in [0, 0.1) is 0 Å². The summed E-state index contributed by atoms with van der Waals surface area (Å²) in [6.45, 7) is 32.7. The third kappa shape index (κ3) is 13.9. The summed E-state index contributed by atoms with van der Waals surface area (Å²) in [4.78, 5) is 0. The van der Waals surface area contributed by atoms with Crippen molar-refractivity contribution in [1.29, 1.82) is 0 Å². The highest BCUT2D eigenvalue weighted by Gasteiger charge is 2.29. The lowest BCUT2D eigenvalue weighted by Gasteiger charge is -2.28. The molecule has 0 saturated heterocycles. The van der Waals surface area contributed by atoms with Gasteiger partial charge in [0.1, 0.15) is 60.9 Å². The highest BCUT2D eigenvalue weighted by molar-refractivity contribution is 5.59. The van der Waals surface area contributed by atoms with Crippen LogP contribution in [-0.2, 0) is 60.4 Å². The molecule has 0 spiro atoms. The zero-order chi connectivity index (χ0) is 53.7. The molecule has 5 N–H and O–H groups in total. The van der Waals surface area contributed by atoms with E-state index in [9.17, 15) is 10.2 Å². The molecule has 0 radical (unpaired) electrons. The summed E-state index contributed by atoms with van der Waals surface area (Å²) in [5, 5.41) is 36.4. The molecule has 0 amide bonds. The van der Waals surface area contributed by atoms with Gasteiger partial charge in [0.25, 0.3) is 0 Å². The minimum atomic E-state index is -0.224. The number of fused-ring (bicyclic) bond motifs is 14. The first-order chi connectivity index (χ1) is 35.5. The first-order valence-electron chi connectivity index (χ1n) is 27.3. The van der Waals surface area contributed by atoms with Crippen LogP contribution in [0.1, 0.15) is 161 Å². The predicted octanol–water partition coefficient (Wildman–Crippen LogP) is 12.7. The molecule has 10 bridgehead atoms. The normalized spacial score (nSPS) is 15.9. The van der Waals surface area contributed by atoms with Gasteiger partial charge in [-0.25, -0.2) is 0 Å². The Morgan fingerprint density at radius 3 is 0.907 bits per heavy atom. The van der Waals surface area contributed by atoms with E-state index < -0.39 is 0 Å². The summed E-state index contributed by atoms with van der Waals surface area (Å²) < 4.78 is 27.1. The van der Waals surface area contributed by atoms with Crippen molar-refractivity contribution in [2.75, 3.05) is 52.6 Å². The van der Waals surface area contributed by atoms with Gasteiger partial charge in [-0.3, -0.25) is 0 Å². The van der Waals surface area contributed by atoms with Gasteiger partial charge in [-0.05, 0) is 101 Å². The number of benzene rings is 6. The molecule has 0 atom stereocenters. The highest BCUT2D eigenvalue weighted by Crippen LogP contribution is 2.44. The number of nitrogens with one attached hydrogen (secondary N) is 3. The fourth-order valence-corrected chi connectivity index (χ4v) is 10.1. The third-order valence-corrected chi connectivity index (χ3v) is 14.7. The molecular weight excluding hydrogens is 931 g/mol. The van der Waals surface area contributed by atoms with Crippen LogP contribution in [0.25, 0.3) is 0 Å². The number of phenolic OH excluding ortho intramolecular Hbond substituents is 2. The lowest BCUT2D eigenvalue weighted by molar-refractivity contribution is 0.213. The van der Waals surface area contributed by atoms with Gasteiger partial charge in [-0.1, -0.05) is 168 Å². The maximum atomic E-state index is 12.8. The molecule has 9 heteroatoms. The zero-order valence-corrected chi connectivity index (χ0v) is 47.2. The largest absolute Gasteiger partial charge is 0.507 e. The van der Waals surface area contributed by atoms with E-state index in [-0.39, 0.29) is 46.4 Å². The van der Waals surface area contributed by atoms with Crippen molar-refractivity contribution in [3.63, 3.8) is 0 Å². The second-order valence-corrected chi connectivity index (χ2v) is 25.0. The van der Waals surface area contributed by atoms with Gasteiger partial charge in [0.2, 0.25) is 0 Å². The van der Waals surface area contributed by atoms with E-state index in [0.29, 0.717) is 52.0 Å². The van der Waals surface area contributed by atoms with Crippen LogP contribution in [0.2, 0.25) is 0 Å². The average Bonchev–Trinajstić information content (AvgIpc) is 3.33. The van der Waals surface area contributed by atoms with Gasteiger partial charge in [-0.2, -0.15) is 0 Å². The monoisotopic (exact) mass is 1020 g/mol. The minimum Gasteiger partial charge on any atom is -0.507 e. The van der Waals surface area contributed by atoms with E-state index in [2.05, 4.69) is 172 Å². The van der Waals surface area contributed by atoms with Gasteiger partial charge >= 0.3 is 0 Å². The Labute approximate surface area is 448 Å². The zero-order valence-electron chi connectivity index (χ0n) is 47.2. The number of phenols is 2. The van der Waals surface area contributed by atoms with Crippen LogP contribution < -0.4 is 34.9 Å². The molecule has 2 heterocycles. The van der Waals surface area contributed by atoms with Crippen molar-refractivity contribution in [3.8, 4) is 34.5 Å². The van der Waals surface area contributed by atoms with Crippen LogP contribution in [0.15, 0.2) is 97.1 Å². The Balaban J connectivity index is 1.34. The molecule has 0 aromatic heterocycles. The van der Waals surface area contributed by atoms with Gasteiger partial charge in [0.15, 0.2) is 0 Å². The van der Waals surface area contributed by atoms with Crippen molar-refractivity contribution in [2.24, 2.45) is 0 Å². The van der Waals surface area contributed by atoms with E-state index >= 15 is 0 Å². The summed E-state index contributed by atoms with van der Waals surface area (Å²) in [7, 11) is 0. The van der Waals surface area contributed by atoms with Crippen molar-refractivity contribution in [2.45, 2.75) is 144 Å². The number of aromatic hydroxyl groups is 2. The molecule has 3 aliphatic rings. The number of para-hydroxylation sites is 2. The fraction of sp³-hybridized carbons (Fsp3) is 0.455. The molecule has 400 valence electrons. The number of ether oxygens (including phenoxy) is 4. The van der Waals surface area contributed by atoms with Gasteiger partial charge in [-0.15, -0.1) is 0 Å². The van der Waals surface area contributed by atoms with Crippen molar-refractivity contribution in [1.82, 2.24) is 16.0 Å². The summed E-state index contributed by atoms with van der Waals surface area (Å²) in [6.07, 6.45) is 1.68. The van der Waals surface area contributed by atoms with E-state index in [1.165, 1.54) is 0 Å². The Morgan fingerprint density at radius 2 is 0.600 bits per heavy atom. The Morgan fingerprint density at radius 1 is 0.333 bits per heavy atom. The maximum absolute atomic E-state index is 12.8. The van der Waals surface area contributed by atoms with Crippen LogP contribution >= 0.6 is 0 Å². The van der Waals surface area contributed by atoms with Crippen molar-refractivity contribution < 1.29 is 29.2 Å². The molecular formula is C66H85N3O6. The summed E-state index contributed by atoms with van der Waals surface area (Å²) in [5.74, 6) is 3.68. The van der Waals surface area contributed by atoms with Crippen LogP contribution in [0.3, 0.4) is 0 Å². The summed E-state index contributed by atoms with van der Waals surface area (Å²) in [5.41, 5.74) is 13.1. The van der Waals surface area contributed by atoms with Crippen LogP contribution in [0.5, 0.6) is 34.5 Å². The van der Waals surface area contributed by atoms with Gasteiger partial charge in [0.05, 0.1) is 0 Å². The lowest BCUT2D eigenvalue weighted by atomic mass is 9.79. The Kier molecular flexibility index (Phi) is 17.0. The summed E-state index contributed by atoms with van der Waals surface area (Å²) >= 11 is 0. The predicted molar refractivity (Wildman–Crippen MR) is 306 cm³/mol. The van der Waals surface area contributed by atoms with Crippen molar-refractivity contribution >= 4 is 0 Å². The first kappa shape index (κ1) is 55.2. The fourth-order valence-electron chi connectivity index (χ4n) is 10.1. The molecule has 6 aromatic carbocycles. The Bertz CT molecular complexity index is 2650. The lowest BCUT2D eigenvalue weighted by Crippen LogP contribution is -2.32. The van der Waals surface area contributed by atoms with E-state index in [0.717, 1.165) is 127 Å². The van der Waals surface area contributed by atoms with Gasteiger partial charge < -0.3 is 45.1 Å². The molecule has 0 fully saturated rings. The molecule has 2 aliphatic heterocycles. The van der Waals surface area contributed by atoms with Crippen molar-refractivity contribution in [3.05, 3.63) is 175 Å². The third-order valence-electron chi connectivity index (χ3n) is 14.7. The molecule has 1 aliphatic carbocycles. The Hall–Kier alpha value is -6.00. The second kappa shape index (κ2) is 23.1. The number of hydrogen-bond donors (Lipinski definition) is 5. The quantitative estimate of drug-likeness (QED) is 0.0948. The number of rotatable bonds is 0. The second-order valence-electron chi connectivity index (χ2n) is 25.0. The first-order valence-corrected chi connectivity index (χ1v) is 27.3. The number of hydrogen-bond acceptors (Lipinski definition) is 9. The minimum absolute atomic E-state index is 0.217. The maximum Gasteiger partial charge on any atom is 0.126 e. The summed E-state index contributed by atoms with van der Waals surface area (Å²) in [6, 6.07) is 34.2.